The van der Waals surface area contributed by atoms with Gasteiger partial charge in [-0.2, -0.15) is 0 Å². The van der Waals surface area contributed by atoms with Crippen LogP contribution in [0.15, 0.2) is 12.1 Å². The standard InChI is InChI=1S/C13H17F2NO2/c1-4-5-16(8(2)3)12-10(14)6-9(13(17)18)7-11(12)15/h6-8H,4-5H2,1-3H3,(H,17,18). The number of hydrogen-bond acceptors (Lipinski definition) is 2. The molecule has 0 atom stereocenters. The van der Waals surface area contributed by atoms with Gasteiger partial charge in [-0.3, -0.25) is 0 Å². The molecule has 0 unspecified atom stereocenters. The predicted molar refractivity (Wildman–Crippen MR) is 66.1 cm³/mol. The predicted octanol–water partition coefficient (Wildman–Crippen LogP) is 3.29. The molecule has 0 radical (unpaired) electrons. The minimum Gasteiger partial charge on any atom is -0.478 e. The van der Waals surface area contributed by atoms with E-state index in [1.54, 1.807) is 4.90 Å². The van der Waals surface area contributed by atoms with Crippen LogP contribution in [0, 0.1) is 11.6 Å². The lowest BCUT2D eigenvalue weighted by molar-refractivity contribution is 0.0696. The number of carboxylic acids is 1. The highest BCUT2D eigenvalue weighted by Crippen LogP contribution is 2.27. The number of nitrogens with zero attached hydrogens (tertiary/aromatic N) is 1. The van der Waals surface area contributed by atoms with Gasteiger partial charge in [-0.1, -0.05) is 6.92 Å². The largest absolute Gasteiger partial charge is 0.478 e. The van der Waals surface area contributed by atoms with Gasteiger partial charge in [-0.25, -0.2) is 13.6 Å². The summed E-state index contributed by atoms with van der Waals surface area (Å²) in [5.74, 6) is -3.02. The first-order valence-corrected chi connectivity index (χ1v) is 5.87. The quantitative estimate of drug-likeness (QED) is 0.880. The molecule has 1 aromatic carbocycles. The van der Waals surface area contributed by atoms with Gasteiger partial charge in [0, 0.05) is 12.6 Å². The van der Waals surface area contributed by atoms with E-state index in [-0.39, 0.29) is 17.3 Å². The fraction of sp³-hybridized carbons (Fsp3) is 0.462. The molecule has 0 aliphatic carbocycles. The maximum absolute atomic E-state index is 13.9. The summed E-state index contributed by atoms with van der Waals surface area (Å²) in [6.07, 6.45) is 0.748. The molecule has 0 amide bonds. The number of aromatic carboxylic acids is 1. The molecule has 5 heteroatoms. The zero-order valence-corrected chi connectivity index (χ0v) is 10.7. The highest BCUT2D eigenvalue weighted by atomic mass is 19.1. The molecular weight excluding hydrogens is 240 g/mol. The van der Waals surface area contributed by atoms with E-state index in [4.69, 9.17) is 5.11 Å². The molecule has 3 nitrogen and oxygen atoms in total. The molecular formula is C13H17F2NO2. The van der Waals surface area contributed by atoms with Crippen LogP contribution in [0.3, 0.4) is 0 Å². The number of hydrogen-bond donors (Lipinski definition) is 1. The van der Waals surface area contributed by atoms with Crippen LogP contribution in [0.2, 0.25) is 0 Å². The van der Waals surface area contributed by atoms with Crippen molar-refractivity contribution in [2.45, 2.75) is 33.2 Å². The van der Waals surface area contributed by atoms with Gasteiger partial charge in [-0.15, -0.1) is 0 Å². The fourth-order valence-electron chi connectivity index (χ4n) is 1.83. The number of benzene rings is 1. The Morgan fingerprint density at radius 1 is 1.33 bits per heavy atom. The summed E-state index contributed by atoms with van der Waals surface area (Å²) in [6.45, 7) is 6.09. The van der Waals surface area contributed by atoms with Crippen molar-refractivity contribution in [2.75, 3.05) is 11.4 Å². The van der Waals surface area contributed by atoms with E-state index < -0.39 is 17.6 Å². The van der Waals surface area contributed by atoms with Crippen molar-refractivity contribution in [3.05, 3.63) is 29.3 Å². The first-order chi connectivity index (χ1) is 8.38. The molecule has 18 heavy (non-hydrogen) atoms. The maximum Gasteiger partial charge on any atom is 0.335 e. The summed E-state index contributed by atoms with van der Waals surface area (Å²) >= 11 is 0. The summed E-state index contributed by atoms with van der Waals surface area (Å²) < 4.78 is 27.7. The molecule has 100 valence electrons. The second-order valence-corrected chi connectivity index (χ2v) is 4.38. The average Bonchev–Trinajstić information content (AvgIpc) is 2.26. The normalized spacial score (nSPS) is 10.8. The molecule has 0 saturated heterocycles. The second kappa shape index (κ2) is 5.80. The molecule has 1 rings (SSSR count). The summed E-state index contributed by atoms with van der Waals surface area (Å²) in [5, 5.41) is 8.73. The first-order valence-electron chi connectivity index (χ1n) is 5.87. The van der Waals surface area contributed by atoms with Crippen LogP contribution in [0.5, 0.6) is 0 Å². The number of halogens is 2. The zero-order valence-electron chi connectivity index (χ0n) is 10.7. The Morgan fingerprint density at radius 3 is 2.17 bits per heavy atom. The lowest BCUT2D eigenvalue weighted by atomic mass is 10.1. The molecule has 0 aliphatic heterocycles. The Kier molecular flexibility index (Phi) is 4.64. The van der Waals surface area contributed by atoms with E-state index in [2.05, 4.69) is 0 Å². The van der Waals surface area contributed by atoms with Gasteiger partial charge in [0.15, 0.2) is 0 Å². The fourth-order valence-corrected chi connectivity index (χ4v) is 1.83. The lowest BCUT2D eigenvalue weighted by Crippen LogP contribution is -2.33. The Bertz CT molecular complexity index is 424. The van der Waals surface area contributed by atoms with E-state index in [9.17, 15) is 13.6 Å². The number of anilines is 1. The number of carboxylic acid groups (broad SMARTS) is 1. The molecule has 0 saturated carbocycles. The smallest absolute Gasteiger partial charge is 0.335 e. The van der Waals surface area contributed by atoms with Gasteiger partial charge < -0.3 is 10.0 Å². The molecule has 0 aromatic heterocycles. The van der Waals surface area contributed by atoms with Crippen molar-refractivity contribution in [1.29, 1.82) is 0 Å². The Hall–Kier alpha value is -1.65. The van der Waals surface area contributed by atoms with Crippen molar-refractivity contribution < 1.29 is 18.7 Å². The molecule has 0 fully saturated rings. The van der Waals surface area contributed by atoms with Crippen LogP contribution in [-0.4, -0.2) is 23.7 Å². The zero-order chi connectivity index (χ0) is 13.9. The lowest BCUT2D eigenvalue weighted by Gasteiger charge is -2.29. The summed E-state index contributed by atoms with van der Waals surface area (Å²) in [7, 11) is 0. The van der Waals surface area contributed by atoms with Crippen LogP contribution in [-0.2, 0) is 0 Å². The average molecular weight is 257 g/mol. The number of carbonyl (C=O) groups is 1. The molecule has 0 heterocycles. The third-order valence-electron chi connectivity index (χ3n) is 2.64. The van der Waals surface area contributed by atoms with Crippen LogP contribution in [0.1, 0.15) is 37.6 Å². The van der Waals surface area contributed by atoms with E-state index in [1.807, 2.05) is 20.8 Å². The summed E-state index contributed by atoms with van der Waals surface area (Å²) in [4.78, 5) is 12.3. The first kappa shape index (κ1) is 14.4. The Balaban J connectivity index is 3.27. The van der Waals surface area contributed by atoms with Crippen molar-refractivity contribution in [3.8, 4) is 0 Å². The topological polar surface area (TPSA) is 40.5 Å². The van der Waals surface area contributed by atoms with Crippen molar-refractivity contribution in [1.82, 2.24) is 0 Å². The van der Waals surface area contributed by atoms with Crippen molar-refractivity contribution >= 4 is 11.7 Å². The van der Waals surface area contributed by atoms with Gasteiger partial charge in [0.05, 0.1) is 5.56 Å². The van der Waals surface area contributed by atoms with E-state index in [0.717, 1.165) is 18.6 Å². The third kappa shape index (κ3) is 2.97. The maximum atomic E-state index is 13.9. The Labute approximate surface area is 105 Å². The van der Waals surface area contributed by atoms with Gasteiger partial charge in [-0.05, 0) is 32.4 Å². The van der Waals surface area contributed by atoms with Gasteiger partial charge in [0.1, 0.15) is 17.3 Å². The monoisotopic (exact) mass is 257 g/mol. The molecule has 0 bridgehead atoms. The minimum atomic E-state index is -1.34. The van der Waals surface area contributed by atoms with E-state index >= 15 is 0 Å². The van der Waals surface area contributed by atoms with E-state index in [0.29, 0.717) is 6.54 Å². The van der Waals surface area contributed by atoms with E-state index in [1.165, 1.54) is 0 Å². The summed E-state index contributed by atoms with van der Waals surface area (Å²) in [6, 6.07) is 1.64. The van der Waals surface area contributed by atoms with Crippen LogP contribution < -0.4 is 4.90 Å². The second-order valence-electron chi connectivity index (χ2n) is 4.38. The van der Waals surface area contributed by atoms with Gasteiger partial charge >= 0.3 is 5.97 Å². The van der Waals surface area contributed by atoms with Crippen molar-refractivity contribution in [2.24, 2.45) is 0 Å². The molecule has 1 N–H and O–H groups in total. The van der Waals surface area contributed by atoms with Crippen LogP contribution >= 0.6 is 0 Å². The molecule has 1 aromatic rings. The molecule has 0 aliphatic rings. The highest BCUT2D eigenvalue weighted by molar-refractivity contribution is 5.88. The number of rotatable bonds is 5. The summed E-state index contributed by atoms with van der Waals surface area (Å²) in [5.41, 5.74) is -0.536. The van der Waals surface area contributed by atoms with Gasteiger partial charge in [0.2, 0.25) is 0 Å². The van der Waals surface area contributed by atoms with Gasteiger partial charge in [0.25, 0.3) is 0 Å². The van der Waals surface area contributed by atoms with Crippen LogP contribution in [0.25, 0.3) is 0 Å². The van der Waals surface area contributed by atoms with Crippen LogP contribution in [0.4, 0.5) is 14.5 Å². The third-order valence-corrected chi connectivity index (χ3v) is 2.64. The SMILES string of the molecule is CCCN(c1c(F)cc(C(=O)O)cc1F)C(C)C. The van der Waals surface area contributed by atoms with Crippen molar-refractivity contribution in [3.63, 3.8) is 0 Å². The minimum absolute atomic E-state index is 0.0652. The highest BCUT2D eigenvalue weighted by Gasteiger charge is 2.21. The Morgan fingerprint density at radius 2 is 1.83 bits per heavy atom. The molecule has 0 spiro atoms.